The van der Waals surface area contributed by atoms with Crippen molar-refractivity contribution < 1.29 is 14.4 Å². The molecule has 1 aliphatic heterocycles. The van der Waals surface area contributed by atoms with Crippen LogP contribution < -0.4 is 5.32 Å². The molecule has 0 aliphatic carbocycles. The zero-order chi connectivity index (χ0) is 14.7. The lowest BCUT2D eigenvalue weighted by atomic mass is 9.99. The molecule has 1 aromatic carbocycles. The van der Waals surface area contributed by atoms with Crippen LogP contribution >= 0.6 is 24.8 Å². The van der Waals surface area contributed by atoms with Gasteiger partial charge in [0.2, 0.25) is 0 Å². The van der Waals surface area contributed by atoms with E-state index in [0.717, 1.165) is 0 Å². The van der Waals surface area contributed by atoms with Gasteiger partial charge in [0.05, 0.1) is 16.5 Å². The molecule has 0 unspecified atom stereocenters. The zero-order valence-corrected chi connectivity index (χ0v) is 13.8. The van der Waals surface area contributed by atoms with Gasteiger partial charge in [0.25, 0.3) is 5.69 Å². The second-order valence-electron chi connectivity index (χ2n) is 4.88. The lowest BCUT2D eigenvalue weighted by molar-refractivity contribution is -0.386. The van der Waals surface area contributed by atoms with Crippen LogP contribution in [0.3, 0.4) is 0 Å². The molecular weight excluding hydrogens is 336 g/mol. The fourth-order valence-corrected chi connectivity index (χ4v) is 2.55. The van der Waals surface area contributed by atoms with Gasteiger partial charge < -0.3 is 10.4 Å². The van der Waals surface area contributed by atoms with Gasteiger partial charge in [-0.25, -0.2) is 4.39 Å². The Morgan fingerprint density at radius 2 is 2.00 bits per heavy atom. The summed E-state index contributed by atoms with van der Waals surface area (Å²) in [5.41, 5.74) is 0.368. The van der Waals surface area contributed by atoms with Crippen molar-refractivity contribution in [2.24, 2.45) is 0 Å². The van der Waals surface area contributed by atoms with Gasteiger partial charge in [-0.05, 0) is 18.6 Å². The molecule has 2 rings (SSSR count). The minimum atomic E-state index is -0.780. The van der Waals surface area contributed by atoms with Crippen molar-refractivity contribution in [3.8, 4) is 5.75 Å². The van der Waals surface area contributed by atoms with Crippen molar-refractivity contribution in [2.75, 3.05) is 32.9 Å². The van der Waals surface area contributed by atoms with E-state index < -0.39 is 17.6 Å². The number of aromatic hydroxyl groups is 1. The van der Waals surface area contributed by atoms with Gasteiger partial charge in [-0.15, -0.1) is 24.8 Å². The monoisotopic (exact) mass is 355 g/mol. The first-order valence-corrected chi connectivity index (χ1v) is 6.53. The van der Waals surface area contributed by atoms with Gasteiger partial charge in [-0.2, -0.15) is 0 Å². The number of nitro groups is 1. The van der Waals surface area contributed by atoms with Gasteiger partial charge in [0.15, 0.2) is 0 Å². The molecule has 0 bridgehead atoms. The summed E-state index contributed by atoms with van der Waals surface area (Å²) in [7, 11) is 0. The predicted molar refractivity (Wildman–Crippen MR) is 87.2 cm³/mol. The van der Waals surface area contributed by atoms with Crippen LogP contribution in [0, 0.1) is 17.0 Å². The third kappa shape index (κ3) is 4.19. The van der Waals surface area contributed by atoms with Crippen LogP contribution in [0.1, 0.15) is 17.2 Å². The van der Waals surface area contributed by atoms with Gasteiger partial charge >= 0.3 is 0 Å². The van der Waals surface area contributed by atoms with Crippen LogP contribution in [0.4, 0.5) is 10.1 Å². The zero-order valence-electron chi connectivity index (χ0n) is 12.1. The van der Waals surface area contributed by atoms with Crippen LogP contribution in [0.2, 0.25) is 0 Å². The first kappa shape index (κ1) is 20.9. The number of nitrogens with zero attached hydrogens (tertiary/aromatic N) is 2. The Morgan fingerprint density at radius 1 is 1.41 bits per heavy atom. The van der Waals surface area contributed by atoms with Crippen molar-refractivity contribution in [2.45, 2.75) is 13.0 Å². The molecule has 22 heavy (non-hydrogen) atoms. The second-order valence-corrected chi connectivity index (χ2v) is 4.88. The van der Waals surface area contributed by atoms with E-state index in [-0.39, 0.29) is 41.8 Å². The van der Waals surface area contributed by atoms with Crippen LogP contribution in [0.15, 0.2) is 12.1 Å². The Morgan fingerprint density at radius 3 is 2.50 bits per heavy atom. The molecule has 1 saturated heterocycles. The van der Waals surface area contributed by atoms with Crippen molar-refractivity contribution in [1.82, 2.24) is 10.2 Å². The summed E-state index contributed by atoms with van der Waals surface area (Å²) in [6, 6.07) is 2.02. The topological polar surface area (TPSA) is 78.6 Å². The number of phenolic OH excluding ortho intramolecular Hbond substituents is 1. The molecule has 1 aliphatic rings. The maximum absolute atomic E-state index is 13.5. The smallest absolute Gasteiger partial charge is 0.278 e. The maximum atomic E-state index is 13.5. The van der Waals surface area contributed by atoms with E-state index in [2.05, 4.69) is 5.32 Å². The van der Waals surface area contributed by atoms with Gasteiger partial charge in [0, 0.05) is 32.2 Å². The van der Waals surface area contributed by atoms with Gasteiger partial charge in [0.1, 0.15) is 12.4 Å². The first-order chi connectivity index (χ1) is 9.56. The molecule has 2 N–H and O–H groups in total. The third-order valence-corrected chi connectivity index (χ3v) is 3.66. The maximum Gasteiger partial charge on any atom is 0.278 e. The van der Waals surface area contributed by atoms with Crippen molar-refractivity contribution in [1.29, 1.82) is 0 Å². The van der Waals surface area contributed by atoms with E-state index in [1.807, 2.05) is 4.90 Å². The first-order valence-electron chi connectivity index (χ1n) is 6.53. The highest BCUT2D eigenvalue weighted by Gasteiger charge is 2.31. The molecule has 1 heterocycles. The lowest BCUT2D eigenvalue weighted by Gasteiger charge is -2.33. The minimum absolute atomic E-state index is 0. The molecule has 0 radical (unpaired) electrons. The number of rotatable bonds is 4. The van der Waals surface area contributed by atoms with Crippen molar-refractivity contribution >= 4 is 30.5 Å². The Kier molecular flexibility index (Phi) is 8.62. The average molecular weight is 356 g/mol. The van der Waals surface area contributed by atoms with E-state index in [1.54, 1.807) is 6.92 Å². The van der Waals surface area contributed by atoms with Crippen molar-refractivity contribution in [3.05, 3.63) is 33.4 Å². The summed E-state index contributed by atoms with van der Waals surface area (Å²) in [6.07, 6.45) is 0. The van der Waals surface area contributed by atoms with Crippen molar-refractivity contribution in [3.63, 3.8) is 0 Å². The van der Waals surface area contributed by atoms with Crippen LogP contribution in [0.5, 0.6) is 5.75 Å². The number of nitro benzene ring substituents is 1. The Balaban J connectivity index is 0.00000220. The fraction of sp³-hybridized carbons (Fsp3) is 0.538. The van der Waals surface area contributed by atoms with Gasteiger partial charge in [-0.1, -0.05) is 0 Å². The van der Waals surface area contributed by atoms with Crippen LogP contribution in [-0.4, -0.2) is 47.8 Å². The highest BCUT2D eigenvalue weighted by atomic mass is 35.5. The number of nitrogens with one attached hydrogen (secondary N) is 1. The Bertz CT molecular complexity index is 514. The number of hydrogen-bond acceptors (Lipinski definition) is 5. The fourth-order valence-electron chi connectivity index (χ4n) is 2.55. The number of aryl methyl sites for hydroxylation is 1. The standard InChI is InChI=1S/C13H18FN3O3.2ClH/c1-9-2-3-10(17(19)20)12(13(9)18)11(8-14)16-6-4-15-5-7-16;;/h2-3,11,15,18H,4-8H2,1H3;2*1H/t11-;;/m0../s1. The van der Waals surface area contributed by atoms with Gasteiger partial charge in [-0.3, -0.25) is 15.0 Å². The number of alkyl halides is 1. The van der Waals surface area contributed by atoms with E-state index in [9.17, 15) is 19.6 Å². The summed E-state index contributed by atoms with van der Waals surface area (Å²) in [5.74, 6) is -0.180. The number of benzene rings is 1. The second kappa shape index (κ2) is 9.09. The molecular formula is C13H20Cl2FN3O3. The Labute approximate surface area is 140 Å². The number of halogens is 3. The molecule has 9 heteroatoms. The molecule has 126 valence electrons. The normalized spacial score (nSPS) is 16.3. The molecule has 0 saturated carbocycles. The predicted octanol–water partition coefficient (Wildman–Crippen LogP) is 2.37. The Hall–Kier alpha value is -1.15. The lowest BCUT2D eigenvalue weighted by Crippen LogP contribution is -2.45. The van der Waals surface area contributed by atoms with E-state index >= 15 is 0 Å². The van der Waals surface area contributed by atoms with E-state index in [1.165, 1.54) is 12.1 Å². The summed E-state index contributed by atoms with van der Waals surface area (Å²) in [6.45, 7) is 3.49. The quantitative estimate of drug-likeness (QED) is 0.640. The molecule has 1 aromatic rings. The summed E-state index contributed by atoms with van der Waals surface area (Å²) >= 11 is 0. The molecule has 0 spiro atoms. The number of phenols is 1. The minimum Gasteiger partial charge on any atom is -0.507 e. The van der Waals surface area contributed by atoms with Crippen LogP contribution in [0.25, 0.3) is 0 Å². The number of hydrogen-bond donors (Lipinski definition) is 2. The van der Waals surface area contributed by atoms with Crippen LogP contribution in [-0.2, 0) is 0 Å². The molecule has 6 nitrogen and oxygen atoms in total. The highest BCUT2D eigenvalue weighted by Crippen LogP contribution is 2.38. The average Bonchev–Trinajstić information content (AvgIpc) is 2.45. The van der Waals surface area contributed by atoms with E-state index in [0.29, 0.717) is 31.7 Å². The summed E-state index contributed by atoms with van der Waals surface area (Å²) in [4.78, 5) is 12.4. The highest BCUT2D eigenvalue weighted by molar-refractivity contribution is 5.85. The SMILES string of the molecule is Cc1ccc([N+](=O)[O-])c([C@H](CF)N2CCNCC2)c1O.Cl.Cl. The summed E-state index contributed by atoms with van der Waals surface area (Å²) in [5, 5.41) is 24.4. The summed E-state index contributed by atoms with van der Waals surface area (Å²) < 4.78 is 13.5. The number of piperazine rings is 1. The van der Waals surface area contributed by atoms with E-state index in [4.69, 9.17) is 0 Å². The largest absolute Gasteiger partial charge is 0.507 e. The molecule has 0 aromatic heterocycles. The molecule has 1 fully saturated rings. The molecule has 0 amide bonds. The molecule has 1 atom stereocenters. The third-order valence-electron chi connectivity index (χ3n) is 3.66.